The van der Waals surface area contributed by atoms with Crippen LogP contribution in [-0.2, 0) is 0 Å². The van der Waals surface area contributed by atoms with E-state index in [0.29, 0.717) is 28.1 Å². The van der Waals surface area contributed by atoms with E-state index in [-0.39, 0.29) is 11.5 Å². The maximum Gasteiger partial charge on any atom is 0.267 e. The van der Waals surface area contributed by atoms with E-state index in [1.807, 2.05) is 6.07 Å². The summed E-state index contributed by atoms with van der Waals surface area (Å²) in [4.78, 5) is 17.2. The lowest BCUT2D eigenvalue weighted by Crippen LogP contribution is -2.26. The minimum absolute atomic E-state index is 0.226. The lowest BCUT2D eigenvalue weighted by atomic mass is 10.2. The van der Waals surface area contributed by atoms with Crippen molar-refractivity contribution in [1.82, 2.24) is 9.55 Å². The van der Waals surface area contributed by atoms with E-state index in [1.54, 1.807) is 43.5 Å². The minimum Gasteiger partial charge on any atom is -0.493 e. The summed E-state index contributed by atoms with van der Waals surface area (Å²) in [5.74, 6) is 6.86. The van der Waals surface area contributed by atoms with Crippen LogP contribution in [0.15, 0.2) is 47.3 Å². The highest BCUT2D eigenvalue weighted by Gasteiger charge is 2.14. The third-order valence-electron chi connectivity index (χ3n) is 3.53. The highest BCUT2D eigenvalue weighted by molar-refractivity contribution is 5.79. The quantitative estimate of drug-likeness (QED) is 0.563. The van der Waals surface area contributed by atoms with E-state index >= 15 is 0 Å². The van der Waals surface area contributed by atoms with E-state index in [0.717, 1.165) is 0 Å². The Bertz CT molecular complexity index is 921. The van der Waals surface area contributed by atoms with Crippen LogP contribution in [0, 0.1) is 0 Å². The molecule has 1 heterocycles. The molecule has 3 N–H and O–H groups in total. The SMILES string of the molecule is COc1ccc(-n2c(NN)nc3ccccc3c2=O)cc1OC. The monoisotopic (exact) mass is 312 g/mol. The first kappa shape index (κ1) is 14.9. The van der Waals surface area contributed by atoms with Gasteiger partial charge in [0.25, 0.3) is 5.56 Å². The number of anilines is 1. The average Bonchev–Trinajstić information content (AvgIpc) is 2.61. The number of hydrogen-bond acceptors (Lipinski definition) is 6. The van der Waals surface area contributed by atoms with Gasteiger partial charge >= 0.3 is 0 Å². The van der Waals surface area contributed by atoms with Crippen LogP contribution < -0.4 is 26.3 Å². The average molecular weight is 312 g/mol. The Kier molecular flexibility index (Phi) is 3.86. The molecule has 3 aromatic rings. The number of nitrogens with one attached hydrogen (secondary N) is 1. The predicted octanol–water partition coefficient (Wildman–Crippen LogP) is 1.69. The summed E-state index contributed by atoms with van der Waals surface area (Å²) in [6, 6.07) is 12.2. The fourth-order valence-electron chi connectivity index (χ4n) is 2.43. The minimum atomic E-state index is -0.226. The number of hydrazine groups is 1. The van der Waals surface area contributed by atoms with E-state index in [1.165, 1.54) is 11.7 Å². The summed E-state index contributed by atoms with van der Waals surface area (Å²) in [5.41, 5.74) is 3.39. The Morgan fingerprint density at radius 1 is 1.09 bits per heavy atom. The molecule has 7 heteroatoms. The van der Waals surface area contributed by atoms with Crippen molar-refractivity contribution in [3.8, 4) is 17.2 Å². The van der Waals surface area contributed by atoms with Gasteiger partial charge in [-0.15, -0.1) is 0 Å². The molecule has 2 aromatic carbocycles. The fraction of sp³-hybridized carbons (Fsp3) is 0.125. The van der Waals surface area contributed by atoms with Crippen LogP contribution >= 0.6 is 0 Å². The molecule has 7 nitrogen and oxygen atoms in total. The van der Waals surface area contributed by atoms with Crippen molar-refractivity contribution in [1.29, 1.82) is 0 Å². The molecule has 0 fully saturated rings. The largest absolute Gasteiger partial charge is 0.493 e. The predicted molar refractivity (Wildman–Crippen MR) is 88.3 cm³/mol. The lowest BCUT2D eigenvalue weighted by Gasteiger charge is -2.14. The van der Waals surface area contributed by atoms with E-state index in [2.05, 4.69) is 10.4 Å². The molecule has 0 aliphatic heterocycles. The molecule has 0 unspecified atom stereocenters. The number of nitrogens with zero attached hydrogens (tertiary/aromatic N) is 2. The molecule has 0 bridgehead atoms. The van der Waals surface area contributed by atoms with E-state index < -0.39 is 0 Å². The third-order valence-corrected chi connectivity index (χ3v) is 3.53. The molecule has 0 radical (unpaired) electrons. The van der Waals surface area contributed by atoms with Gasteiger partial charge in [-0.25, -0.2) is 15.4 Å². The summed E-state index contributed by atoms with van der Waals surface area (Å²) in [5, 5.41) is 0.501. The van der Waals surface area contributed by atoms with Crippen molar-refractivity contribution in [3.05, 3.63) is 52.8 Å². The maximum atomic E-state index is 12.8. The van der Waals surface area contributed by atoms with Crippen LogP contribution in [0.3, 0.4) is 0 Å². The standard InChI is InChI=1S/C16H16N4O3/c1-22-13-8-7-10(9-14(13)23-2)20-15(21)11-5-3-4-6-12(11)18-16(20)19-17/h3-9H,17H2,1-2H3,(H,18,19). The van der Waals surface area contributed by atoms with Crippen molar-refractivity contribution in [2.24, 2.45) is 5.84 Å². The number of nitrogens with two attached hydrogens (primary N) is 1. The molecular formula is C16H16N4O3. The Morgan fingerprint density at radius 3 is 2.52 bits per heavy atom. The van der Waals surface area contributed by atoms with Crippen LogP contribution in [0.4, 0.5) is 5.95 Å². The second kappa shape index (κ2) is 5.98. The molecule has 0 aliphatic carbocycles. The van der Waals surface area contributed by atoms with Crippen molar-refractivity contribution in [2.75, 3.05) is 19.6 Å². The van der Waals surface area contributed by atoms with Gasteiger partial charge in [0.2, 0.25) is 5.95 Å². The van der Waals surface area contributed by atoms with Crippen molar-refractivity contribution in [2.45, 2.75) is 0 Å². The lowest BCUT2D eigenvalue weighted by molar-refractivity contribution is 0.355. The van der Waals surface area contributed by atoms with E-state index in [9.17, 15) is 4.79 Å². The number of rotatable bonds is 4. The second-order valence-corrected chi connectivity index (χ2v) is 4.78. The van der Waals surface area contributed by atoms with Crippen LogP contribution in [0.2, 0.25) is 0 Å². The van der Waals surface area contributed by atoms with Gasteiger partial charge in [-0.2, -0.15) is 0 Å². The topological polar surface area (TPSA) is 91.4 Å². The molecule has 0 atom stereocenters. The van der Waals surface area contributed by atoms with Crippen molar-refractivity contribution in [3.63, 3.8) is 0 Å². The first-order valence-electron chi connectivity index (χ1n) is 6.90. The van der Waals surface area contributed by atoms with Gasteiger partial charge in [0.15, 0.2) is 11.5 Å². The number of methoxy groups -OCH3 is 2. The molecule has 0 saturated carbocycles. The van der Waals surface area contributed by atoms with E-state index in [4.69, 9.17) is 15.3 Å². The Morgan fingerprint density at radius 2 is 1.83 bits per heavy atom. The molecule has 0 aliphatic rings. The molecular weight excluding hydrogens is 296 g/mol. The Balaban J connectivity index is 2.31. The summed E-state index contributed by atoms with van der Waals surface area (Å²) < 4.78 is 11.9. The van der Waals surface area contributed by atoms with Crippen LogP contribution in [-0.4, -0.2) is 23.8 Å². The van der Waals surface area contributed by atoms with Gasteiger partial charge in [0, 0.05) is 6.07 Å². The zero-order chi connectivity index (χ0) is 16.4. The third kappa shape index (κ3) is 2.47. The zero-order valence-corrected chi connectivity index (χ0v) is 12.7. The molecule has 0 saturated heterocycles. The molecule has 0 amide bonds. The summed E-state index contributed by atoms with van der Waals surface area (Å²) in [6.45, 7) is 0. The second-order valence-electron chi connectivity index (χ2n) is 4.78. The van der Waals surface area contributed by atoms with Gasteiger partial charge in [0.1, 0.15) is 0 Å². The number of aromatic nitrogens is 2. The molecule has 1 aromatic heterocycles. The van der Waals surface area contributed by atoms with Gasteiger partial charge in [-0.3, -0.25) is 10.2 Å². The summed E-state index contributed by atoms with van der Waals surface area (Å²) >= 11 is 0. The number of nitrogen functional groups attached to an aromatic ring is 1. The number of benzene rings is 2. The highest BCUT2D eigenvalue weighted by atomic mass is 16.5. The maximum absolute atomic E-state index is 12.8. The first-order chi connectivity index (χ1) is 11.2. The molecule has 3 rings (SSSR count). The van der Waals surface area contributed by atoms with Gasteiger partial charge in [-0.1, -0.05) is 12.1 Å². The van der Waals surface area contributed by atoms with Crippen LogP contribution in [0.25, 0.3) is 16.6 Å². The smallest absolute Gasteiger partial charge is 0.267 e. The van der Waals surface area contributed by atoms with Gasteiger partial charge < -0.3 is 9.47 Å². The van der Waals surface area contributed by atoms with Gasteiger partial charge in [0.05, 0.1) is 30.8 Å². The van der Waals surface area contributed by atoms with Crippen LogP contribution in [0.1, 0.15) is 0 Å². The molecule has 23 heavy (non-hydrogen) atoms. The van der Waals surface area contributed by atoms with Gasteiger partial charge in [-0.05, 0) is 24.3 Å². The zero-order valence-electron chi connectivity index (χ0n) is 12.7. The van der Waals surface area contributed by atoms with Crippen molar-refractivity contribution < 1.29 is 9.47 Å². The van der Waals surface area contributed by atoms with Crippen LogP contribution in [0.5, 0.6) is 11.5 Å². The fourth-order valence-corrected chi connectivity index (χ4v) is 2.43. The number of hydrogen-bond donors (Lipinski definition) is 2. The Hall–Kier alpha value is -3.06. The highest BCUT2D eigenvalue weighted by Crippen LogP contribution is 2.29. The number of para-hydroxylation sites is 1. The normalized spacial score (nSPS) is 10.6. The first-order valence-corrected chi connectivity index (χ1v) is 6.90. The summed E-state index contributed by atoms with van der Waals surface area (Å²) in [6.07, 6.45) is 0. The molecule has 118 valence electrons. The number of ether oxygens (including phenoxy) is 2. The Labute approximate surface area is 132 Å². The number of fused-ring (bicyclic) bond motifs is 1. The van der Waals surface area contributed by atoms with Crippen molar-refractivity contribution >= 4 is 16.9 Å². The summed E-state index contributed by atoms with van der Waals surface area (Å²) in [7, 11) is 3.08. The molecule has 0 spiro atoms.